The first-order valence-electron chi connectivity index (χ1n) is 7.17. The third-order valence-electron chi connectivity index (χ3n) is 3.39. The number of aromatic nitrogens is 3. The van der Waals surface area contributed by atoms with Crippen LogP contribution in [0.3, 0.4) is 0 Å². The van der Waals surface area contributed by atoms with Crippen molar-refractivity contribution in [3.63, 3.8) is 0 Å². The number of nitrogens with zero attached hydrogens (tertiary/aromatic N) is 4. The molecule has 1 N–H and O–H groups in total. The molecular weight excluding hydrogens is 294 g/mol. The predicted molar refractivity (Wildman–Crippen MR) is 85.0 cm³/mol. The van der Waals surface area contributed by atoms with Gasteiger partial charge in [0.05, 0.1) is 25.0 Å². The number of benzene rings is 1. The number of hydrogen-bond donors (Lipinski definition) is 1. The minimum atomic E-state index is -0.0123. The maximum Gasteiger partial charge on any atom is 0.242 e. The molecule has 0 aliphatic carbocycles. The molecule has 0 bridgehead atoms. The summed E-state index contributed by atoms with van der Waals surface area (Å²) < 4.78 is 6.91. The normalized spacial score (nSPS) is 10.5. The number of anilines is 1. The lowest BCUT2D eigenvalue weighted by Gasteiger charge is -2.16. The second-order valence-electron chi connectivity index (χ2n) is 5.07. The van der Waals surface area contributed by atoms with Crippen LogP contribution in [0.5, 0.6) is 0 Å². The molecule has 0 radical (unpaired) electrons. The number of carbonyl (C=O) groups is 1. The van der Waals surface area contributed by atoms with Crippen LogP contribution in [-0.2, 0) is 11.3 Å². The van der Waals surface area contributed by atoms with E-state index in [0.717, 1.165) is 17.1 Å². The van der Waals surface area contributed by atoms with E-state index >= 15 is 0 Å². The van der Waals surface area contributed by atoms with Crippen LogP contribution in [0.4, 0.5) is 5.69 Å². The number of nitrogens with one attached hydrogen (secondary N) is 1. The summed E-state index contributed by atoms with van der Waals surface area (Å²) in [6, 6.07) is 11.3. The highest BCUT2D eigenvalue weighted by Crippen LogP contribution is 2.12. The Balaban J connectivity index is 1.52. The van der Waals surface area contributed by atoms with Crippen molar-refractivity contribution in [2.75, 3.05) is 18.9 Å². The van der Waals surface area contributed by atoms with E-state index in [0.29, 0.717) is 6.54 Å². The molecule has 3 rings (SSSR count). The third kappa shape index (κ3) is 3.76. The van der Waals surface area contributed by atoms with Crippen molar-refractivity contribution >= 4 is 11.6 Å². The second kappa shape index (κ2) is 6.78. The fraction of sp³-hybridized carbons (Fsp3) is 0.188. The van der Waals surface area contributed by atoms with Crippen molar-refractivity contribution in [3.05, 3.63) is 61.1 Å². The Morgan fingerprint density at radius 3 is 2.78 bits per heavy atom. The molecule has 3 aromatic rings. The van der Waals surface area contributed by atoms with Gasteiger partial charge in [-0.15, -0.1) is 0 Å². The first-order chi connectivity index (χ1) is 11.2. The van der Waals surface area contributed by atoms with E-state index in [2.05, 4.69) is 15.4 Å². The number of carbonyl (C=O) groups excluding carboxylic acids is 1. The molecule has 0 spiro atoms. The van der Waals surface area contributed by atoms with Crippen LogP contribution in [0.15, 0.2) is 59.7 Å². The van der Waals surface area contributed by atoms with Crippen LogP contribution in [0.2, 0.25) is 0 Å². The SMILES string of the molecule is CN(Cc1ccco1)C(=O)CNc1ccc(-n2cncn2)cc1. The van der Waals surface area contributed by atoms with Gasteiger partial charge in [0.1, 0.15) is 18.4 Å². The Hall–Kier alpha value is -3.09. The van der Waals surface area contributed by atoms with Crippen molar-refractivity contribution < 1.29 is 9.21 Å². The Morgan fingerprint density at radius 2 is 2.13 bits per heavy atom. The molecular formula is C16H17N5O2. The molecule has 0 saturated carbocycles. The zero-order valence-corrected chi connectivity index (χ0v) is 12.7. The van der Waals surface area contributed by atoms with Crippen LogP contribution in [0.1, 0.15) is 5.76 Å². The Morgan fingerprint density at radius 1 is 1.30 bits per heavy atom. The molecule has 0 saturated heterocycles. The summed E-state index contributed by atoms with van der Waals surface area (Å²) in [7, 11) is 1.75. The molecule has 1 amide bonds. The summed E-state index contributed by atoms with van der Waals surface area (Å²) in [6.45, 7) is 0.679. The van der Waals surface area contributed by atoms with Gasteiger partial charge in [-0.2, -0.15) is 5.10 Å². The fourth-order valence-electron chi connectivity index (χ4n) is 2.11. The van der Waals surface area contributed by atoms with Gasteiger partial charge < -0.3 is 14.6 Å². The van der Waals surface area contributed by atoms with E-state index in [1.165, 1.54) is 6.33 Å². The van der Waals surface area contributed by atoms with Gasteiger partial charge in [-0.05, 0) is 36.4 Å². The zero-order valence-electron chi connectivity index (χ0n) is 12.7. The van der Waals surface area contributed by atoms with E-state index in [9.17, 15) is 4.79 Å². The maximum absolute atomic E-state index is 12.1. The lowest BCUT2D eigenvalue weighted by atomic mass is 10.3. The molecule has 0 aliphatic heterocycles. The number of furan rings is 1. The van der Waals surface area contributed by atoms with E-state index in [1.54, 1.807) is 29.2 Å². The summed E-state index contributed by atoms with van der Waals surface area (Å²) in [5.41, 5.74) is 1.78. The fourth-order valence-corrected chi connectivity index (χ4v) is 2.11. The van der Waals surface area contributed by atoms with Gasteiger partial charge in [-0.25, -0.2) is 9.67 Å². The molecule has 23 heavy (non-hydrogen) atoms. The lowest BCUT2D eigenvalue weighted by Crippen LogP contribution is -2.31. The monoisotopic (exact) mass is 311 g/mol. The molecule has 7 nitrogen and oxygen atoms in total. The quantitative estimate of drug-likeness (QED) is 0.753. The van der Waals surface area contributed by atoms with Crippen LogP contribution < -0.4 is 5.32 Å². The van der Waals surface area contributed by atoms with Gasteiger partial charge in [-0.1, -0.05) is 0 Å². The average molecular weight is 311 g/mol. The minimum Gasteiger partial charge on any atom is -0.467 e. The maximum atomic E-state index is 12.1. The smallest absolute Gasteiger partial charge is 0.242 e. The largest absolute Gasteiger partial charge is 0.467 e. The number of likely N-dealkylation sites (N-methyl/N-ethyl adjacent to an activating group) is 1. The number of hydrogen-bond acceptors (Lipinski definition) is 5. The van der Waals surface area contributed by atoms with Gasteiger partial charge in [0, 0.05) is 12.7 Å². The van der Waals surface area contributed by atoms with Crippen LogP contribution >= 0.6 is 0 Å². The third-order valence-corrected chi connectivity index (χ3v) is 3.39. The van der Waals surface area contributed by atoms with Crippen molar-refractivity contribution in [3.8, 4) is 5.69 Å². The minimum absolute atomic E-state index is 0.0123. The van der Waals surface area contributed by atoms with Gasteiger partial charge in [-0.3, -0.25) is 4.79 Å². The topological polar surface area (TPSA) is 76.2 Å². The van der Waals surface area contributed by atoms with E-state index in [1.807, 2.05) is 36.4 Å². The van der Waals surface area contributed by atoms with Crippen molar-refractivity contribution in [2.24, 2.45) is 0 Å². The zero-order chi connectivity index (χ0) is 16.1. The molecule has 2 heterocycles. The number of amides is 1. The van der Waals surface area contributed by atoms with Crippen LogP contribution in [-0.4, -0.2) is 39.2 Å². The molecule has 0 unspecified atom stereocenters. The molecule has 7 heteroatoms. The van der Waals surface area contributed by atoms with Crippen molar-refractivity contribution in [2.45, 2.75) is 6.54 Å². The Labute approximate surface area is 133 Å². The van der Waals surface area contributed by atoms with Crippen LogP contribution in [0, 0.1) is 0 Å². The first-order valence-corrected chi connectivity index (χ1v) is 7.17. The summed E-state index contributed by atoms with van der Waals surface area (Å²) in [5.74, 6) is 0.750. The standard InChI is InChI=1S/C16H17N5O2/c1-20(10-15-3-2-8-23-15)16(22)9-18-13-4-6-14(7-5-13)21-12-17-11-19-21/h2-8,11-12,18H,9-10H2,1H3. The summed E-state index contributed by atoms with van der Waals surface area (Å²) in [5, 5.41) is 7.17. The highest BCUT2D eigenvalue weighted by atomic mass is 16.3. The summed E-state index contributed by atoms with van der Waals surface area (Å²) in [6.07, 6.45) is 4.72. The molecule has 118 valence electrons. The first kappa shape index (κ1) is 14.8. The van der Waals surface area contributed by atoms with Crippen molar-refractivity contribution in [1.82, 2.24) is 19.7 Å². The lowest BCUT2D eigenvalue weighted by molar-refractivity contribution is -0.128. The summed E-state index contributed by atoms with van der Waals surface area (Å²) in [4.78, 5) is 17.6. The van der Waals surface area contributed by atoms with Gasteiger partial charge in [0.15, 0.2) is 0 Å². The Kier molecular flexibility index (Phi) is 4.37. The average Bonchev–Trinajstić information content (AvgIpc) is 3.26. The van der Waals surface area contributed by atoms with Crippen LogP contribution in [0.25, 0.3) is 5.69 Å². The van der Waals surface area contributed by atoms with Gasteiger partial charge in [0.2, 0.25) is 5.91 Å². The Bertz CT molecular complexity index is 735. The molecule has 2 aromatic heterocycles. The molecule has 0 atom stereocenters. The van der Waals surface area contributed by atoms with E-state index < -0.39 is 0 Å². The van der Waals surface area contributed by atoms with Crippen molar-refractivity contribution in [1.29, 1.82) is 0 Å². The van der Waals surface area contributed by atoms with E-state index in [-0.39, 0.29) is 12.5 Å². The molecule has 0 aliphatic rings. The summed E-state index contributed by atoms with van der Waals surface area (Å²) >= 11 is 0. The second-order valence-corrected chi connectivity index (χ2v) is 5.07. The van der Waals surface area contributed by atoms with E-state index in [4.69, 9.17) is 4.42 Å². The highest BCUT2D eigenvalue weighted by Gasteiger charge is 2.10. The highest BCUT2D eigenvalue weighted by molar-refractivity contribution is 5.80. The molecule has 0 fully saturated rings. The predicted octanol–water partition coefficient (Wildman–Crippen LogP) is 1.93. The van der Waals surface area contributed by atoms with Gasteiger partial charge in [0.25, 0.3) is 0 Å². The molecule has 1 aromatic carbocycles. The number of rotatable bonds is 6. The van der Waals surface area contributed by atoms with Gasteiger partial charge >= 0.3 is 0 Å².